The third-order valence-electron chi connectivity index (χ3n) is 11.1. The van der Waals surface area contributed by atoms with Gasteiger partial charge in [-0.2, -0.15) is 0 Å². The largest absolute Gasteiger partial charge is 0.550 e. The van der Waals surface area contributed by atoms with Crippen molar-refractivity contribution in [2.75, 3.05) is 0 Å². The molecule has 3 aromatic carbocycles. The van der Waals surface area contributed by atoms with Gasteiger partial charge >= 0.3 is 0 Å². The van der Waals surface area contributed by atoms with Crippen molar-refractivity contribution in [3.05, 3.63) is 89.5 Å². The summed E-state index contributed by atoms with van der Waals surface area (Å²) in [6, 6.07) is 27.7. The Morgan fingerprint density at radius 2 is 1.04 bits per heavy atom. The molecule has 2 nitrogen and oxygen atoms in total. The molecule has 254 valence electrons. The maximum absolute atomic E-state index is 11.1. The molecule has 4 bridgehead atoms. The summed E-state index contributed by atoms with van der Waals surface area (Å²) in [5.41, 5.74) is 4.41. The van der Waals surface area contributed by atoms with E-state index in [9.17, 15) is 9.90 Å². The van der Waals surface area contributed by atoms with Gasteiger partial charge in [0.1, 0.15) is 0 Å². The van der Waals surface area contributed by atoms with Crippen LogP contribution in [0.5, 0.6) is 0 Å². The number of carbonyl (C=O) groups is 1. The first kappa shape index (κ1) is 35.8. The number of aryl methyl sites for hydroxylation is 3. The SMILES string of the molecule is CCCCCc1cc(CCCCC)c([S+](c2ccccc2)c2ccccc2)c(CCCCC)c1.O=C([O-])C12CC3CC(CC(C3)C1)C2. The summed E-state index contributed by atoms with van der Waals surface area (Å²) in [5, 5.41) is 11.1. The molecule has 4 saturated carbocycles. The fourth-order valence-electron chi connectivity index (χ4n) is 9.16. The maximum atomic E-state index is 11.1. The van der Waals surface area contributed by atoms with Gasteiger partial charge in [-0.05, 0) is 125 Å². The van der Waals surface area contributed by atoms with Gasteiger partial charge in [-0.25, -0.2) is 0 Å². The lowest BCUT2D eigenvalue weighted by Crippen LogP contribution is -2.54. The van der Waals surface area contributed by atoms with Gasteiger partial charge in [0, 0.05) is 22.5 Å². The highest BCUT2D eigenvalue weighted by Gasteiger charge is 2.51. The van der Waals surface area contributed by atoms with Crippen LogP contribution in [0.15, 0.2) is 87.5 Å². The second-order valence-electron chi connectivity index (χ2n) is 15.0. The fourth-order valence-corrected chi connectivity index (χ4v) is 11.6. The van der Waals surface area contributed by atoms with E-state index in [1.807, 2.05) is 0 Å². The summed E-state index contributed by atoms with van der Waals surface area (Å²) >= 11 is 0. The highest BCUT2D eigenvalue weighted by Crippen LogP contribution is 2.59. The van der Waals surface area contributed by atoms with Crippen LogP contribution < -0.4 is 5.11 Å². The van der Waals surface area contributed by atoms with Crippen molar-refractivity contribution < 1.29 is 9.90 Å². The van der Waals surface area contributed by atoms with E-state index in [1.165, 1.54) is 106 Å². The molecule has 4 aliphatic carbocycles. The summed E-state index contributed by atoms with van der Waals surface area (Å²) in [6.45, 7) is 6.94. The quantitative estimate of drug-likeness (QED) is 0.114. The van der Waals surface area contributed by atoms with Gasteiger partial charge in [0.25, 0.3) is 0 Å². The van der Waals surface area contributed by atoms with E-state index in [4.69, 9.17) is 0 Å². The Morgan fingerprint density at radius 3 is 1.43 bits per heavy atom. The smallest absolute Gasteiger partial charge is 0.172 e. The molecule has 0 aromatic heterocycles. The second-order valence-corrected chi connectivity index (χ2v) is 17.0. The van der Waals surface area contributed by atoms with E-state index in [0.717, 1.165) is 19.3 Å². The van der Waals surface area contributed by atoms with E-state index in [1.54, 1.807) is 21.6 Å². The molecule has 0 aliphatic heterocycles. The van der Waals surface area contributed by atoms with Crippen LogP contribution in [0.3, 0.4) is 0 Å². The van der Waals surface area contributed by atoms with Crippen LogP contribution in [0.4, 0.5) is 0 Å². The van der Waals surface area contributed by atoms with Crippen LogP contribution >= 0.6 is 0 Å². The van der Waals surface area contributed by atoms with E-state index >= 15 is 0 Å². The van der Waals surface area contributed by atoms with Crippen molar-refractivity contribution in [2.45, 2.75) is 151 Å². The highest BCUT2D eigenvalue weighted by molar-refractivity contribution is 7.97. The van der Waals surface area contributed by atoms with Crippen LogP contribution in [0.2, 0.25) is 0 Å². The fraction of sp³-hybridized carbons (Fsp3) is 0.568. The summed E-state index contributed by atoms with van der Waals surface area (Å²) < 4.78 is 0. The molecule has 0 unspecified atom stereocenters. The Hall–Kier alpha value is -2.52. The maximum Gasteiger partial charge on any atom is 0.172 e. The minimum absolute atomic E-state index is 0.0642. The molecule has 3 aromatic rings. The molecule has 4 fully saturated rings. The third kappa shape index (κ3) is 9.34. The number of carboxylic acids is 1. The van der Waals surface area contributed by atoms with Gasteiger partial charge in [-0.15, -0.1) is 0 Å². The molecule has 0 amide bonds. The first-order valence-corrected chi connectivity index (χ1v) is 20.4. The number of hydrogen-bond donors (Lipinski definition) is 0. The van der Waals surface area contributed by atoms with Gasteiger partial charge < -0.3 is 9.90 Å². The van der Waals surface area contributed by atoms with Crippen molar-refractivity contribution in [2.24, 2.45) is 23.2 Å². The number of benzene rings is 3. The minimum Gasteiger partial charge on any atom is -0.550 e. The second kappa shape index (κ2) is 17.8. The zero-order valence-electron chi connectivity index (χ0n) is 29.6. The first-order chi connectivity index (χ1) is 23.0. The molecule has 0 atom stereocenters. The average molecular weight is 653 g/mol. The number of carbonyl (C=O) groups excluding carboxylic acids is 1. The standard InChI is InChI=1S/C33H45S.C11H16O2/c1-4-7-12-19-28-26-29(20-13-8-5-2)33(30(27-28)21-14-9-6-3)34(31-22-15-10-16-23-31)32-24-17-11-18-25-32;12-10(13)11-4-7-1-8(5-11)3-9(2-7)6-11/h10-11,15-18,22-27H,4-9,12-14,19-21H2,1-3H3;7-9H,1-6H2,(H,12,13)/q+1;/p-1. The lowest BCUT2D eigenvalue weighted by Gasteiger charge is -2.57. The summed E-state index contributed by atoms with van der Waals surface area (Å²) in [7, 11) is -0.0642. The summed E-state index contributed by atoms with van der Waals surface area (Å²) in [4.78, 5) is 15.7. The Morgan fingerprint density at radius 1 is 0.638 bits per heavy atom. The average Bonchev–Trinajstić information content (AvgIpc) is 3.07. The van der Waals surface area contributed by atoms with Crippen LogP contribution in [0.1, 0.15) is 134 Å². The summed E-state index contributed by atoms with van der Waals surface area (Å²) in [5.74, 6) is 1.38. The lowest BCUT2D eigenvalue weighted by molar-refractivity contribution is -0.327. The molecule has 0 radical (unpaired) electrons. The third-order valence-corrected chi connectivity index (χ3v) is 13.5. The minimum atomic E-state index is -0.758. The van der Waals surface area contributed by atoms with Gasteiger partial charge in [0.05, 0.1) is 10.9 Å². The molecular weight excluding hydrogens is 593 g/mol. The van der Waals surface area contributed by atoms with Crippen LogP contribution in [-0.4, -0.2) is 5.97 Å². The Balaban J connectivity index is 0.000000273. The number of hydrogen-bond acceptors (Lipinski definition) is 2. The predicted molar refractivity (Wildman–Crippen MR) is 197 cm³/mol. The van der Waals surface area contributed by atoms with Crippen LogP contribution in [-0.2, 0) is 35.0 Å². The molecule has 47 heavy (non-hydrogen) atoms. The molecule has 3 heteroatoms. The molecule has 7 rings (SSSR count). The Labute approximate surface area is 289 Å². The van der Waals surface area contributed by atoms with Gasteiger partial charge in [-0.1, -0.05) is 108 Å². The van der Waals surface area contributed by atoms with Crippen molar-refractivity contribution in [1.29, 1.82) is 0 Å². The normalized spacial score (nSPS) is 22.7. The highest BCUT2D eigenvalue weighted by atomic mass is 32.2. The summed E-state index contributed by atoms with van der Waals surface area (Å²) in [6.07, 6.45) is 22.0. The van der Waals surface area contributed by atoms with Crippen LogP contribution in [0.25, 0.3) is 0 Å². The molecule has 0 heterocycles. The van der Waals surface area contributed by atoms with E-state index < -0.39 is 11.4 Å². The Kier molecular flexibility index (Phi) is 13.5. The van der Waals surface area contributed by atoms with Gasteiger partial charge in [-0.3, -0.25) is 0 Å². The molecule has 4 aliphatic rings. The van der Waals surface area contributed by atoms with E-state index in [-0.39, 0.29) is 10.9 Å². The van der Waals surface area contributed by atoms with Crippen molar-refractivity contribution in [3.8, 4) is 0 Å². The topological polar surface area (TPSA) is 40.1 Å². The number of carboxylic acid groups (broad SMARTS) is 1. The predicted octanol–water partition coefficient (Wildman–Crippen LogP) is 10.9. The monoisotopic (exact) mass is 652 g/mol. The molecular formula is C44H60O2S. The van der Waals surface area contributed by atoms with Crippen molar-refractivity contribution in [1.82, 2.24) is 0 Å². The zero-order valence-corrected chi connectivity index (χ0v) is 30.4. The molecule has 0 spiro atoms. The zero-order chi connectivity index (χ0) is 33.1. The van der Waals surface area contributed by atoms with E-state index in [2.05, 4.69) is 93.6 Å². The first-order valence-electron chi connectivity index (χ1n) is 19.2. The lowest BCUT2D eigenvalue weighted by atomic mass is 9.49. The molecule has 0 N–H and O–H groups in total. The number of unbranched alkanes of at least 4 members (excludes halogenated alkanes) is 6. The van der Waals surface area contributed by atoms with Crippen molar-refractivity contribution >= 4 is 16.9 Å². The van der Waals surface area contributed by atoms with Crippen molar-refractivity contribution in [3.63, 3.8) is 0 Å². The van der Waals surface area contributed by atoms with Crippen LogP contribution in [0, 0.1) is 23.2 Å². The van der Waals surface area contributed by atoms with E-state index in [0.29, 0.717) is 17.8 Å². The Bertz CT molecular complexity index is 1270. The van der Waals surface area contributed by atoms with Gasteiger partial charge in [0.15, 0.2) is 14.7 Å². The number of aliphatic carboxylic acids is 1. The van der Waals surface area contributed by atoms with Gasteiger partial charge in [0.2, 0.25) is 0 Å². The number of rotatable bonds is 16. The molecule has 0 saturated heterocycles.